The highest BCUT2D eigenvalue weighted by molar-refractivity contribution is 14.0. The van der Waals surface area contributed by atoms with Crippen molar-refractivity contribution in [3.8, 4) is 0 Å². The first kappa shape index (κ1) is 24.5. The van der Waals surface area contributed by atoms with E-state index >= 15 is 0 Å². The molecule has 1 atom stereocenters. The van der Waals surface area contributed by atoms with Gasteiger partial charge in [-0.2, -0.15) is 5.10 Å². The fraction of sp³-hybridized carbons (Fsp3) is 0.565. The van der Waals surface area contributed by atoms with Gasteiger partial charge in [-0.25, -0.2) is 4.99 Å². The van der Waals surface area contributed by atoms with Gasteiger partial charge in [0.05, 0.1) is 12.2 Å². The van der Waals surface area contributed by atoms with E-state index in [0.717, 1.165) is 37.6 Å². The number of benzene rings is 1. The van der Waals surface area contributed by atoms with Gasteiger partial charge >= 0.3 is 0 Å². The number of aromatic nitrogens is 2. The normalized spacial score (nSPS) is 14.7. The molecular weight excluding hydrogens is 487 g/mol. The molecule has 0 radical (unpaired) electrons. The van der Waals surface area contributed by atoms with Gasteiger partial charge in [0.2, 0.25) is 0 Å². The molecule has 0 amide bonds. The summed E-state index contributed by atoms with van der Waals surface area (Å²) in [6.45, 7) is 11.2. The zero-order valence-corrected chi connectivity index (χ0v) is 21.6. The van der Waals surface area contributed by atoms with Crippen LogP contribution in [-0.2, 0) is 26.4 Å². The lowest BCUT2D eigenvalue weighted by Gasteiger charge is -2.27. The maximum absolute atomic E-state index is 4.84. The molecule has 166 valence electrons. The fourth-order valence-electron chi connectivity index (χ4n) is 4.13. The van der Waals surface area contributed by atoms with Gasteiger partial charge in [-0.15, -0.1) is 24.0 Å². The topological polar surface area (TPSA) is 57.5 Å². The SMILES string of the molecule is CCNC(=NCc1ccc2c(c1)CCCN2C)NC(C)Cc1c(C)nn(C)c1C.I. The van der Waals surface area contributed by atoms with E-state index in [1.54, 1.807) is 0 Å². The highest BCUT2D eigenvalue weighted by Gasteiger charge is 2.15. The van der Waals surface area contributed by atoms with Gasteiger partial charge in [0, 0.05) is 44.6 Å². The van der Waals surface area contributed by atoms with Crippen molar-refractivity contribution in [3.05, 3.63) is 46.3 Å². The maximum atomic E-state index is 4.84. The van der Waals surface area contributed by atoms with E-state index in [2.05, 4.69) is 73.6 Å². The molecule has 1 aliphatic heterocycles. The van der Waals surface area contributed by atoms with E-state index in [4.69, 9.17) is 4.99 Å². The Hall–Kier alpha value is -1.77. The summed E-state index contributed by atoms with van der Waals surface area (Å²) in [4.78, 5) is 7.19. The van der Waals surface area contributed by atoms with Crippen molar-refractivity contribution < 1.29 is 0 Å². The number of rotatable bonds is 6. The second-order valence-electron chi connectivity index (χ2n) is 8.21. The van der Waals surface area contributed by atoms with E-state index in [0.29, 0.717) is 6.54 Å². The quantitative estimate of drug-likeness (QED) is 0.344. The number of hydrogen-bond acceptors (Lipinski definition) is 3. The second-order valence-corrected chi connectivity index (χ2v) is 8.21. The van der Waals surface area contributed by atoms with Crippen LogP contribution in [0.5, 0.6) is 0 Å². The summed E-state index contributed by atoms with van der Waals surface area (Å²) >= 11 is 0. The van der Waals surface area contributed by atoms with Crippen molar-refractivity contribution in [2.24, 2.45) is 12.0 Å². The van der Waals surface area contributed by atoms with Crippen LogP contribution in [0.4, 0.5) is 5.69 Å². The van der Waals surface area contributed by atoms with Crippen LogP contribution < -0.4 is 15.5 Å². The number of aliphatic imine (C=N–C) groups is 1. The molecule has 1 aliphatic rings. The summed E-state index contributed by atoms with van der Waals surface area (Å²) in [5.74, 6) is 0.869. The monoisotopic (exact) mass is 524 g/mol. The Morgan fingerprint density at radius 2 is 2.03 bits per heavy atom. The van der Waals surface area contributed by atoms with Gasteiger partial charge < -0.3 is 15.5 Å². The predicted molar refractivity (Wildman–Crippen MR) is 137 cm³/mol. The minimum absolute atomic E-state index is 0. The van der Waals surface area contributed by atoms with Gasteiger partial charge in [0.1, 0.15) is 0 Å². The van der Waals surface area contributed by atoms with Crippen LogP contribution in [0, 0.1) is 13.8 Å². The molecule has 0 saturated carbocycles. The third-order valence-electron chi connectivity index (χ3n) is 5.81. The Morgan fingerprint density at radius 1 is 1.27 bits per heavy atom. The van der Waals surface area contributed by atoms with Crippen LogP contribution in [0.25, 0.3) is 0 Å². The number of fused-ring (bicyclic) bond motifs is 1. The molecule has 6 nitrogen and oxygen atoms in total. The third kappa shape index (κ3) is 5.89. The van der Waals surface area contributed by atoms with E-state index in [-0.39, 0.29) is 30.0 Å². The van der Waals surface area contributed by atoms with Gasteiger partial charge in [0.15, 0.2) is 5.96 Å². The van der Waals surface area contributed by atoms with E-state index in [1.165, 1.54) is 34.5 Å². The van der Waals surface area contributed by atoms with Crippen molar-refractivity contribution >= 4 is 35.6 Å². The molecule has 0 saturated heterocycles. The highest BCUT2D eigenvalue weighted by atomic mass is 127. The minimum atomic E-state index is 0. The van der Waals surface area contributed by atoms with Crippen LogP contribution in [0.1, 0.15) is 48.3 Å². The lowest BCUT2D eigenvalue weighted by Crippen LogP contribution is -2.43. The third-order valence-corrected chi connectivity index (χ3v) is 5.81. The molecule has 30 heavy (non-hydrogen) atoms. The molecule has 7 heteroatoms. The smallest absolute Gasteiger partial charge is 0.191 e. The average molecular weight is 524 g/mol. The molecule has 0 bridgehead atoms. The fourth-order valence-corrected chi connectivity index (χ4v) is 4.13. The van der Waals surface area contributed by atoms with Crippen molar-refractivity contribution in [2.45, 2.75) is 59.5 Å². The van der Waals surface area contributed by atoms with Crippen molar-refractivity contribution in [3.63, 3.8) is 0 Å². The number of anilines is 1. The molecule has 2 aromatic rings. The number of guanidine groups is 1. The Morgan fingerprint density at radius 3 is 2.70 bits per heavy atom. The highest BCUT2D eigenvalue weighted by Crippen LogP contribution is 2.27. The summed E-state index contributed by atoms with van der Waals surface area (Å²) in [5.41, 5.74) is 7.74. The number of hydrogen-bond donors (Lipinski definition) is 2. The maximum Gasteiger partial charge on any atom is 0.191 e. The summed E-state index contributed by atoms with van der Waals surface area (Å²) in [7, 11) is 4.18. The van der Waals surface area contributed by atoms with Gasteiger partial charge in [-0.05, 0) is 69.7 Å². The van der Waals surface area contributed by atoms with Crippen LogP contribution in [0.2, 0.25) is 0 Å². The molecular formula is C23H37IN6. The molecule has 2 N–H and O–H groups in total. The first-order chi connectivity index (χ1) is 13.9. The second kappa shape index (κ2) is 11.0. The molecule has 1 aromatic carbocycles. The average Bonchev–Trinajstić information content (AvgIpc) is 2.92. The molecule has 0 fully saturated rings. The Kier molecular flexibility index (Phi) is 9.00. The zero-order valence-electron chi connectivity index (χ0n) is 19.2. The Balaban J connectivity index is 0.00000320. The lowest BCUT2D eigenvalue weighted by atomic mass is 10.00. The van der Waals surface area contributed by atoms with E-state index < -0.39 is 0 Å². The van der Waals surface area contributed by atoms with Crippen LogP contribution in [0.3, 0.4) is 0 Å². The van der Waals surface area contributed by atoms with Crippen LogP contribution >= 0.6 is 24.0 Å². The zero-order chi connectivity index (χ0) is 21.0. The number of nitrogens with one attached hydrogen (secondary N) is 2. The Bertz CT molecular complexity index is 873. The lowest BCUT2D eigenvalue weighted by molar-refractivity contribution is 0.635. The van der Waals surface area contributed by atoms with Gasteiger partial charge in [-0.1, -0.05) is 12.1 Å². The molecule has 3 rings (SSSR count). The predicted octanol–water partition coefficient (Wildman–Crippen LogP) is 3.72. The first-order valence-electron chi connectivity index (χ1n) is 10.8. The number of halogens is 1. The summed E-state index contributed by atoms with van der Waals surface area (Å²) < 4.78 is 1.96. The van der Waals surface area contributed by atoms with E-state index in [9.17, 15) is 0 Å². The summed E-state index contributed by atoms with van der Waals surface area (Å²) in [6, 6.07) is 7.05. The van der Waals surface area contributed by atoms with Crippen molar-refractivity contribution in [2.75, 3.05) is 25.0 Å². The number of aryl methyl sites for hydroxylation is 3. The molecule has 0 spiro atoms. The van der Waals surface area contributed by atoms with Crippen molar-refractivity contribution in [1.29, 1.82) is 0 Å². The summed E-state index contributed by atoms with van der Waals surface area (Å²) in [5, 5.41) is 11.5. The molecule has 1 unspecified atom stereocenters. The minimum Gasteiger partial charge on any atom is -0.374 e. The van der Waals surface area contributed by atoms with Crippen LogP contribution in [0.15, 0.2) is 23.2 Å². The summed E-state index contributed by atoms with van der Waals surface area (Å²) in [6.07, 6.45) is 3.32. The number of nitrogens with zero attached hydrogens (tertiary/aromatic N) is 4. The molecule has 2 heterocycles. The standard InChI is InChI=1S/C23H36N6.HI/c1-7-24-23(26-16(2)13-21-17(3)27-29(6)18(21)4)25-15-19-10-11-22-20(14-19)9-8-12-28(22)5;/h10-11,14,16H,7-9,12-13,15H2,1-6H3,(H2,24,25,26);1H. The van der Waals surface area contributed by atoms with Crippen molar-refractivity contribution in [1.82, 2.24) is 20.4 Å². The van der Waals surface area contributed by atoms with Gasteiger partial charge in [-0.3, -0.25) is 4.68 Å². The largest absolute Gasteiger partial charge is 0.374 e. The molecule has 0 aliphatic carbocycles. The molecule has 1 aromatic heterocycles. The van der Waals surface area contributed by atoms with Crippen LogP contribution in [-0.4, -0.2) is 41.9 Å². The first-order valence-corrected chi connectivity index (χ1v) is 10.8. The van der Waals surface area contributed by atoms with E-state index in [1.807, 2.05) is 11.7 Å². The van der Waals surface area contributed by atoms with Gasteiger partial charge in [0.25, 0.3) is 0 Å². The Labute approximate surface area is 198 Å².